The first kappa shape index (κ1) is 21.3. The molecule has 0 fully saturated rings. The van der Waals surface area contributed by atoms with Crippen LogP contribution in [-0.2, 0) is 4.74 Å². The summed E-state index contributed by atoms with van der Waals surface area (Å²) < 4.78 is 18.8. The van der Waals surface area contributed by atoms with Gasteiger partial charge in [-0.05, 0) is 40.5 Å². The summed E-state index contributed by atoms with van der Waals surface area (Å²) in [5.74, 6) is -0.671. The van der Waals surface area contributed by atoms with Gasteiger partial charge in [0.1, 0.15) is 24.6 Å². The summed E-state index contributed by atoms with van der Waals surface area (Å²) in [6.07, 6.45) is -3.57. The number of benzene rings is 3. The number of hydrogen-bond donors (Lipinski definition) is 3. The molecule has 1 aliphatic carbocycles. The molecule has 2 atom stereocenters. The van der Waals surface area contributed by atoms with E-state index in [1.807, 2.05) is 48.5 Å². The Labute approximate surface area is 184 Å². The van der Waals surface area contributed by atoms with Crippen LogP contribution in [0.15, 0.2) is 66.7 Å². The third-order valence-corrected chi connectivity index (χ3v) is 5.78. The molecule has 0 aliphatic heterocycles. The van der Waals surface area contributed by atoms with Crippen LogP contribution < -0.4 is 5.32 Å². The van der Waals surface area contributed by atoms with Crippen LogP contribution in [0.25, 0.3) is 11.1 Å². The molecule has 4 rings (SSSR count). The number of aliphatic hydroxyl groups is 2. The normalized spacial score (nSPS) is 14.5. The fourth-order valence-corrected chi connectivity index (χ4v) is 4.13. The van der Waals surface area contributed by atoms with E-state index in [-0.39, 0.29) is 29.7 Å². The van der Waals surface area contributed by atoms with Crippen molar-refractivity contribution in [1.29, 1.82) is 0 Å². The van der Waals surface area contributed by atoms with E-state index >= 15 is 0 Å². The number of fused-ring (bicyclic) bond motifs is 3. The van der Waals surface area contributed by atoms with E-state index in [2.05, 4.69) is 5.32 Å². The zero-order chi connectivity index (χ0) is 22.0. The van der Waals surface area contributed by atoms with Crippen molar-refractivity contribution in [2.45, 2.75) is 18.1 Å². The molecular weight excluding hydrogens is 421 g/mol. The maximum absolute atomic E-state index is 13.4. The van der Waals surface area contributed by atoms with E-state index in [1.54, 1.807) is 0 Å². The standard InChI is InChI=1S/C24H21ClFNO4/c25-21-10-9-14(26)11-19(21)23(29)22(28)12-27-24(30)31-13-20-17-7-3-1-5-15(17)16-6-2-4-8-18(16)20/h1-11,20,22-23,28-29H,12-13H2,(H,27,30). The molecule has 2 unspecified atom stereocenters. The van der Waals surface area contributed by atoms with Crippen LogP contribution in [0.2, 0.25) is 5.02 Å². The Bertz CT molecular complexity index is 1060. The predicted octanol–water partition coefficient (Wildman–Crippen LogP) is 4.41. The number of alkyl carbamates (subject to hydrolysis) is 1. The average Bonchev–Trinajstić information content (AvgIpc) is 3.11. The molecule has 1 amide bonds. The molecule has 0 saturated carbocycles. The number of carbonyl (C=O) groups is 1. The Balaban J connectivity index is 1.35. The number of ether oxygens (including phenoxy) is 1. The van der Waals surface area contributed by atoms with Crippen molar-refractivity contribution < 1.29 is 24.1 Å². The van der Waals surface area contributed by atoms with E-state index in [4.69, 9.17) is 16.3 Å². The number of rotatable bonds is 6. The van der Waals surface area contributed by atoms with Crippen LogP contribution >= 0.6 is 11.6 Å². The van der Waals surface area contributed by atoms with Crippen molar-refractivity contribution in [3.05, 3.63) is 94.3 Å². The quantitative estimate of drug-likeness (QED) is 0.529. The van der Waals surface area contributed by atoms with Crippen LogP contribution in [0, 0.1) is 5.82 Å². The highest BCUT2D eigenvalue weighted by molar-refractivity contribution is 6.31. The molecule has 160 valence electrons. The molecule has 0 radical (unpaired) electrons. The topological polar surface area (TPSA) is 78.8 Å². The van der Waals surface area contributed by atoms with Crippen LogP contribution in [0.4, 0.5) is 9.18 Å². The summed E-state index contributed by atoms with van der Waals surface area (Å²) in [7, 11) is 0. The first-order valence-electron chi connectivity index (χ1n) is 9.85. The van der Waals surface area contributed by atoms with Crippen LogP contribution in [0.5, 0.6) is 0 Å². The van der Waals surface area contributed by atoms with Crippen molar-refractivity contribution in [3.63, 3.8) is 0 Å². The summed E-state index contributed by atoms with van der Waals surface area (Å²) in [5, 5.41) is 23.0. The van der Waals surface area contributed by atoms with Crippen molar-refractivity contribution in [2.24, 2.45) is 0 Å². The van der Waals surface area contributed by atoms with Gasteiger partial charge < -0.3 is 20.3 Å². The van der Waals surface area contributed by atoms with Crippen LogP contribution in [-0.4, -0.2) is 35.6 Å². The highest BCUT2D eigenvalue weighted by Gasteiger charge is 2.29. The molecule has 0 aromatic heterocycles. The number of aliphatic hydroxyl groups excluding tert-OH is 2. The minimum absolute atomic E-state index is 0.0449. The molecule has 3 aromatic rings. The zero-order valence-electron chi connectivity index (χ0n) is 16.5. The van der Waals surface area contributed by atoms with Gasteiger partial charge >= 0.3 is 6.09 Å². The lowest BCUT2D eigenvalue weighted by atomic mass is 9.98. The predicted molar refractivity (Wildman–Crippen MR) is 115 cm³/mol. The highest BCUT2D eigenvalue weighted by Crippen LogP contribution is 2.44. The van der Waals surface area contributed by atoms with Crippen molar-refractivity contribution in [2.75, 3.05) is 13.2 Å². The van der Waals surface area contributed by atoms with Gasteiger partial charge in [0.2, 0.25) is 0 Å². The smallest absolute Gasteiger partial charge is 0.407 e. The van der Waals surface area contributed by atoms with Gasteiger partial charge in [-0.2, -0.15) is 0 Å². The molecule has 3 N–H and O–H groups in total. The fraction of sp³-hybridized carbons (Fsp3) is 0.208. The molecule has 3 aromatic carbocycles. The lowest BCUT2D eigenvalue weighted by Crippen LogP contribution is -2.36. The van der Waals surface area contributed by atoms with Gasteiger partial charge in [-0.3, -0.25) is 0 Å². The first-order valence-corrected chi connectivity index (χ1v) is 10.2. The van der Waals surface area contributed by atoms with Crippen LogP contribution in [0.1, 0.15) is 28.7 Å². The van der Waals surface area contributed by atoms with E-state index in [1.165, 1.54) is 6.07 Å². The maximum atomic E-state index is 13.4. The minimum Gasteiger partial charge on any atom is -0.449 e. The lowest BCUT2D eigenvalue weighted by molar-refractivity contribution is 0.0184. The second-order valence-electron chi connectivity index (χ2n) is 7.38. The number of amides is 1. The molecule has 31 heavy (non-hydrogen) atoms. The average molecular weight is 442 g/mol. The molecule has 7 heteroatoms. The molecule has 1 aliphatic rings. The number of carbonyl (C=O) groups excluding carboxylic acids is 1. The number of halogens is 2. The third-order valence-electron chi connectivity index (χ3n) is 5.44. The van der Waals surface area contributed by atoms with Gasteiger partial charge in [-0.1, -0.05) is 60.1 Å². The maximum Gasteiger partial charge on any atom is 0.407 e. The molecule has 0 bridgehead atoms. The second kappa shape index (κ2) is 9.06. The Morgan fingerprint density at radius 3 is 2.29 bits per heavy atom. The summed E-state index contributed by atoms with van der Waals surface area (Å²) in [6, 6.07) is 19.5. The Morgan fingerprint density at radius 2 is 1.65 bits per heavy atom. The summed E-state index contributed by atoms with van der Waals surface area (Å²) in [5.41, 5.74) is 4.47. The Morgan fingerprint density at radius 1 is 1.03 bits per heavy atom. The largest absolute Gasteiger partial charge is 0.449 e. The van der Waals surface area contributed by atoms with Crippen molar-refractivity contribution >= 4 is 17.7 Å². The van der Waals surface area contributed by atoms with Gasteiger partial charge in [0, 0.05) is 23.0 Å². The minimum atomic E-state index is -1.46. The van der Waals surface area contributed by atoms with Gasteiger partial charge in [-0.15, -0.1) is 0 Å². The summed E-state index contributed by atoms with van der Waals surface area (Å²) in [6.45, 7) is -0.154. The third kappa shape index (κ3) is 4.42. The van der Waals surface area contributed by atoms with E-state index in [0.717, 1.165) is 34.4 Å². The zero-order valence-corrected chi connectivity index (χ0v) is 17.2. The molecule has 0 heterocycles. The number of nitrogens with one attached hydrogen (secondary N) is 1. The summed E-state index contributed by atoms with van der Waals surface area (Å²) in [4.78, 5) is 12.2. The van der Waals surface area contributed by atoms with Crippen molar-refractivity contribution in [1.82, 2.24) is 5.32 Å². The van der Waals surface area contributed by atoms with E-state index < -0.39 is 24.1 Å². The SMILES string of the molecule is O=C(NCC(O)C(O)c1cc(F)ccc1Cl)OCC1c2ccccc2-c2ccccc21. The molecular formula is C24H21ClFNO4. The summed E-state index contributed by atoms with van der Waals surface area (Å²) >= 11 is 5.95. The highest BCUT2D eigenvalue weighted by atomic mass is 35.5. The van der Waals surface area contributed by atoms with Crippen LogP contribution in [0.3, 0.4) is 0 Å². The Hall–Kier alpha value is -2.93. The van der Waals surface area contributed by atoms with Gasteiger partial charge in [0.25, 0.3) is 0 Å². The second-order valence-corrected chi connectivity index (χ2v) is 7.79. The van der Waals surface area contributed by atoms with E-state index in [0.29, 0.717) is 0 Å². The number of hydrogen-bond acceptors (Lipinski definition) is 4. The fourth-order valence-electron chi connectivity index (χ4n) is 3.90. The van der Waals surface area contributed by atoms with Gasteiger partial charge in [0.05, 0.1) is 0 Å². The lowest BCUT2D eigenvalue weighted by Gasteiger charge is -2.20. The van der Waals surface area contributed by atoms with Gasteiger partial charge in [-0.25, -0.2) is 9.18 Å². The first-order chi connectivity index (χ1) is 15.0. The van der Waals surface area contributed by atoms with Gasteiger partial charge in [0.15, 0.2) is 0 Å². The van der Waals surface area contributed by atoms with E-state index in [9.17, 15) is 19.4 Å². The molecule has 5 nitrogen and oxygen atoms in total. The molecule has 0 saturated heterocycles. The Kier molecular flexibility index (Phi) is 6.23. The van der Waals surface area contributed by atoms with Crippen molar-refractivity contribution in [3.8, 4) is 11.1 Å². The monoisotopic (exact) mass is 441 g/mol. The molecule has 0 spiro atoms.